The average molecular weight is 257 g/mol. The third-order valence-electron chi connectivity index (χ3n) is 2.94. The Kier molecular flexibility index (Phi) is 4.00. The molecule has 0 unspecified atom stereocenters. The Morgan fingerprint density at radius 2 is 1.89 bits per heavy atom. The van der Waals surface area contributed by atoms with Crippen molar-refractivity contribution in [2.24, 2.45) is 0 Å². The highest BCUT2D eigenvalue weighted by Crippen LogP contribution is 2.29. The van der Waals surface area contributed by atoms with Gasteiger partial charge in [0, 0.05) is 18.8 Å². The van der Waals surface area contributed by atoms with Crippen LogP contribution in [0.1, 0.15) is 25.5 Å². The van der Waals surface area contributed by atoms with E-state index in [-0.39, 0.29) is 0 Å². The number of nitrogens with zero attached hydrogens (tertiary/aromatic N) is 2. The van der Waals surface area contributed by atoms with Crippen LogP contribution in [0.4, 0.5) is 5.82 Å². The number of aromatic nitrogens is 2. The molecule has 0 aliphatic rings. The molecule has 0 amide bonds. The number of nitrogens with one attached hydrogen (secondary N) is 1. The SMILES string of the molecule is CNc1cc(C(C)C)nc(-c2ccccc2OC)n1. The van der Waals surface area contributed by atoms with Crippen LogP contribution in [0.25, 0.3) is 11.4 Å². The largest absolute Gasteiger partial charge is 0.496 e. The number of ether oxygens (including phenoxy) is 1. The first-order chi connectivity index (χ1) is 9.15. The molecule has 0 saturated carbocycles. The van der Waals surface area contributed by atoms with Crippen LogP contribution < -0.4 is 10.1 Å². The highest BCUT2D eigenvalue weighted by Gasteiger charge is 2.12. The maximum atomic E-state index is 5.37. The fourth-order valence-electron chi connectivity index (χ4n) is 1.84. The van der Waals surface area contributed by atoms with Gasteiger partial charge in [-0.05, 0) is 18.1 Å². The van der Waals surface area contributed by atoms with Gasteiger partial charge < -0.3 is 10.1 Å². The quantitative estimate of drug-likeness (QED) is 0.912. The number of para-hydroxylation sites is 1. The number of hydrogen-bond acceptors (Lipinski definition) is 4. The molecule has 0 saturated heterocycles. The molecular weight excluding hydrogens is 238 g/mol. The van der Waals surface area contributed by atoms with Crippen LogP contribution in [0.2, 0.25) is 0 Å². The minimum Gasteiger partial charge on any atom is -0.496 e. The zero-order valence-electron chi connectivity index (χ0n) is 11.8. The summed E-state index contributed by atoms with van der Waals surface area (Å²) >= 11 is 0. The molecule has 0 spiro atoms. The Bertz CT molecular complexity index is 567. The van der Waals surface area contributed by atoms with E-state index in [0.29, 0.717) is 11.7 Å². The van der Waals surface area contributed by atoms with Gasteiger partial charge in [-0.3, -0.25) is 0 Å². The summed E-state index contributed by atoms with van der Waals surface area (Å²) in [5, 5.41) is 3.08. The van der Waals surface area contributed by atoms with Crippen LogP contribution in [0.3, 0.4) is 0 Å². The first-order valence-electron chi connectivity index (χ1n) is 6.35. The third kappa shape index (κ3) is 2.84. The Balaban J connectivity index is 2.57. The lowest BCUT2D eigenvalue weighted by molar-refractivity contribution is 0.416. The summed E-state index contributed by atoms with van der Waals surface area (Å²) in [6.07, 6.45) is 0. The number of rotatable bonds is 4. The number of hydrogen-bond donors (Lipinski definition) is 1. The maximum Gasteiger partial charge on any atom is 0.165 e. The van der Waals surface area contributed by atoms with Crippen molar-refractivity contribution in [2.75, 3.05) is 19.5 Å². The van der Waals surface area contributed by atoms with Gasteiger partial charge in [0.1, 0.15) is 11.6 Å². The molecule has 0 radical (unpaired) electrons. The average Bonchev–Trinajstić information content (AvgIpc) is 2.46. The highest BCUT2D eigenvalue weighted by molar-refractivity contribution is 5.65. The molecule has 2 rings (SSSR count). The van der Waals surface area contributed by atoms with E-state index in [1.165, 1.54) is 0 Å². The van der Waals surface area contributed by atoms with Gasteiger partial charge in [-0.15, -0.1) is 0 Å². The number of methoxy groups -OCH3 is 1. The van der Waals surface area contributed by atoms with E-state index in [4.69, 9.17) is 4.74 Å². The zero-order chi connectivity index (χ0) is 13.8. The zero-order valence-corrected chi connectivity index (χ0v) is 11.8. The van der Waals surface area contributed by atoms with Crippen LogP contribution >= 0.6 is 0 Å². The summed E-state index contributed by atoms with van der Waals surface area (Å²) in [7, 11) is 3.52. The minimum atomic E-state index is 0.351. The van der Waals surface area contributed by atoms with Gasteiger partial charge in [0.25, 0.3) is 0 Å². The summed E-state index contributed by atoms with van der Waals surface area (Å²) in [4.78, 5) is 9.14. The molecule has 1 N–H and O–H groups in total. The predicted molar refractivity (Wildman–Crippen MR) is 77.7 cm³/mol. The minimum absolute atomic E-state index is 0.351. The van der Waals surface area contributed by atoms with Crippen LogP contribution in [0.15, 0.2) is 30.3 Å². The molecule has 0 bridgehead atoms. The first kappa shape index (κ1) is 13.3. The van der Waals surface area contributed by atoms with Gasteiger partial charge in [-0.25, -0.2) is 9.97 Å². The highest BCUT2D eigenvalue weighted by atomic mass is 16.5. The van der Waals surface area contributed by atoms with Crippen LogP contribution in [-0.2, 0) is 0 Å². The van der Waals surface area contributed by atoms with Gasteiger partial charge in [0.2, 0.25) is 0 Å². The molecule has 4 nitrogen and oxygen atoms in total. The fourth-order valence-corrected chi connectivity index (χ4v) is 1.84. The smallest absolute Gasteiger partial charge is 0.165 e. The fraction of sp³-hybridized carbons (Fsp3) is 0.333. The summed E-state index contributed by atoms with van der Waals surface area (Å²) in [6, 6.07) is 9.76. The molecule has 2 aromatic rings. The summed E-state index contributed by atoms with van der Waals surface area (Å²) in [5.41, 5.74) is 1.92. The predicted octanol–water partition coefficient (Wildman–Crippen LogP) is 3.32. The maximum absolute atomic E-state index is 5.37. The molecule has 19 heavy (non-hydrogen) atoms. The van der Waals surface area contributed by atoms with Crippen LogP contribution in [0, 0.1) is 0 Å². The van der Waals surface area contributed by atoms with E-state index >= 15 is 0 Å². The number of benzene rings is 1. The van der Waals surface area contributed by atoms with Gasteiger partial charge >= 0.3 is 0 Å². The van der Waals surface area contributed by atoms with Gasteiger partial charge in [-0.2, -0.15) is 0 Å². The van der Waals surface area contributed by atoms with Crippen molar-refractivity contribution in [1.82, 2.24) is 9.97 Å². The van der Waals surface area contributed by atoms with Crippen molar-refractivity contribution < 1.29 is 4.74 Å². The molecular formula is C15H19N3O. The second-order valence-electron chi connectivity index (χ2n) is 4.61. The lowest BCUT2D eigenvalue weighted by atomic mass is 10.1. The summed E-state index contributed by atoms with van der Waals surface area (Å²) < 4.78 is 5.37. The third-order valence-corrected chi connectivity index (χ3v) is 2.94. The van der Waals surface area contributed by atoms with Gasteiger partial charge in [0.05, 0.1) is 12.7 Å². The topological polar surface area (TPSA) is 47.0 Å². The molecule has 100 valence electrons. The monoisotopic (exact) mass is 257 g/mol. The second kappa shape index (κ2) is 5.69. The molecule has 0 fully saturated rings. The van der Waals surface area contributed by atoms with Crippen molar-refractivity contribution in [3.8, 4) is 17.1 Å². The number of anilines is 1. The lowest BCUT2D eigenvalue weighted by Gasteiger charge is -2.12. The van der Waals surface area contributed by atoms with E-state index < -0.39 is 0 Å². The van der Waals surface area contributed by atoms with E-state index in [0.717, 1.165) is 22.8 Å². The van der Waals surface area contributed by atoms with Crippen LogP contribution in [-0.4, -0.2) is 24.1 Å². The van der Waals surface area contributed by atoms with Crippen molar-refractivity contribution in [2.45, 2.75) is 19.8 Å². The lowest BCUT2D eigenvalue weighted by Crippen LogP contribution is -2.03. The summed E-state index contributed by atoms with van der Waals surface area (Å²) in [6.45, 7) is 4.24. The summed E-state index contributed by atoms with van der Waals surface area (Å²) in [5.74, 6) is 2.64. The standard InChI is InChI=1S/C15H19N3O/c1-10(2)12-9-14(16-3)18-15(17-12)11-7-5-6-8-13(11)19-4/h5-10H,1-4H3,(H,16,17,18). The van der Waals surface area contributed by atoms with Gasteiger partial charge in [-0.1, -0.05) is 26.0 Å². The first-order valence-corrected chi connectivity index (χ1v) is 6.35. The normalized spacial score (nSPS) is 10.6. The molecule has 1 aromatic carbocycles. The van der Waals surface area contributed by atoms with Crippen molar-refractivity contribution in [1.29, 1.82) is 0 Å². The van der Waals surface area contributed by atoms with Gasteiger partial charge in [0.15, 0.2) is 5.82 Å². The Morgan fingerprint density at radius 3 is 2.53 bits per heavy atom. The molecule has 0 aliphatic heterocycles. The Labute approximate surface area is 113 Å². The van der Waals surface area contributed by atoms with E-state index in [2.05, 4.69) is 29.1 Å². The molecule has 1 heterocycles. The Hall–Kier alpha value is -2.10. The van der Waals surface area contributed by atoms with Crippen molar-refractivity contribution >= 4 is 5.82 Å². The molecule has 0 atom stereocenters. The van der Waals surface area contributed by atoms with E-state index in [1.54, 1.807) is 7.11 Å². The van der Waals surface area contributed by atoms with Crippen molar-refractivity contribution in [3.05, 3.63) is 36.0 Å². The Morgan fingerprint density at radius 1 is 1.16 bits per heavy atom. The molecule has 0 aliphatic carbocycles. The second-order valence-corrected chi connectivity index (χ2v) is 4.61. The van der Waals surface area contributed by atoms with E-state index in [9.17, 15) is 0 Å². The van der Waals surface area contributed by atoms with E-state index in [1.807, 2.05) is 37.4 Å². The van der Waals surface area contributed by atoms with Crippen LogP contribution in [0.5, 0.6) is 5.75 Å². The molecule has 4 heteroatoms. The van der Waals surface area contributed by atoms with Crippen molar-refractivity contribution in [3.63, 3.8) is 0 Å². The molecule has 1 aromatic heterocycles.